The molecule has 2 nitrogen and oxygen atoms in total. The first kappa shape index (κ1) is 9.02. The molecular weight excluding hydrogens is 300 g/mol. The molecule has 2 rings (SSSR count). The standard InChI is InChI=1S/C9H5ClINO/c10-7-3-1-2-6(4-7)8-5-9(11)13-12-8/h1-5H. The molecule has 0 aliphatic rings. The Morgan fingerprint density at radius 1 is 1.31 bits per heavy atom. The predicted octanol–water partition coefficient (Wildman–Crippen LogP) is 3.60. The van der Waals surface area contributed by atoms with Gasteiger partial charge in [-0.2, -0.15) is 0 Å². The van der Waals surface area contributed by atoms with Crippen molar-refractivity contribution in [1.82, 2.24) is 5.16 Å². The molecule has 1 heterocycles. The topological polar surface area (TPSA) is 26.0 Å². The molecule has 2 aromatic rings. The number of aromatic nitrogens is 1. The van der Waals surface area contributed by atoms with Crippen LogP contribution in [-0.4, -0.2) is 5.16 Å². The molecule has 4 heteroatoms. The molecule has 13 heavy (non-hydrogen) atoms. The molecule has 0 unspecified atom stereocenters. The van der Waals surface area contributed by atoms with E-state index in [4.69, 9.17) is 16.1 Å². The van der Waals surface area contributed by atoms with Crippen molar-refractivity contribution in [2.75, 3.05) is 0 Å². The van der Waals surface area contributed by atoms with Gasteiger partial charge in [0, 0.05) is 39.2 Å². The van der Waals surface area contributed by atoms with Crippen LogP contribution in [0.25, 0.3) is 11.3 Å². The fraction of sp³-hybridized carbons (Fsp3) is 0. The third-order valence-electron chi connectivity index (χ3n) is 1.60. The van der Waals surface area contributed by atoms with Gasteiger partial charge in [-0.1, -0.05) is 28.9 Å². The Labute approximate surface area is 94.0 Å². The van der Waals surface area contributed by atoms with E-state index >= 15 is 0 Å². The number of hydrogen-bond donors (Lipinski definition) is 0. The van der Waals surface area contributed by atoms with Crippen LogP contribution in [0.3, 0.4) is 0 Å². The summed E-state index contributed by atoms with van der Waals surface area (Å²) in [5.74, 6) is 0. The Morgan fingerprint density at radius 2 is 2.15 bits per heavy atom. The Morgan fingerprint density at radius 3 is 2.77 bits per heavy atom. The van der Waals surface area contributed by atoms with Crippen LogP contribution in [0.15, 0.2) is 34.9 Å². The molecule has 0 aliphatic heterocycles. The fourth-order valence-corrected chi connectivity index (χ4v) is 1.62. The molecule has 0 saturated carbocycles. The molecule has 1 aromatic carbocycles. The second-order valence-corrected chi connectivity index (χ2v) is 4.03. The summed E-state index contributed by atoms with van der Waals surface area (Å²) in [5.41, 5.74) is 1.78. The molecule has 0 bridgehead atoms. The van der Waals surface area contributed by atoms with Crippen LogP contribution in [0.5, 0.6) is 0 Å². The lowest BCUT2D eigenvalue weighted by molar-refractivity contribution is 0.400. The largest absolute Gasteiger partial charge is 0.350 e. The lowest BCUT2D eigenvalue weighted by Crippen LogP contribution is -1.75. The first-order chi connectivity index (χ1) is 6.25. The number of benzene rings is 1. The lowest BCUT2D eigenvalue weighted by Gasteiger charge is -1.94. The van der Waals surface area contributed by atoms with Crippen molar-refractivity contribution in [3.8, 4) is 11.3 Å². The van der Waals surface area contributed by atoms with E-state index in [1.165, 1.54) is 0 Å². The zero-order chi connectivity index (χ0) is 9.26. The average molecular weight is 306 g/mol. The van der Waals surface area contributed by atoms with E-state index in [0.29, 0.717) is 5.02 Å². The summed E-state index contributed by atoms with van der Waals surface area (Å²) in [6, 6.07) is 9.39. The van der Waals surface area contributed by atoms with Gasteiger partial charge in [0.2, 0.25) is 0 Å². The molecule has 1 aromatic heterocycles. The molecule has 0 N–H and O–H groups in total. The first-order valence-corrected chi connectivity index (χ1v) is 5.09. The van der Waals surface area contributed by atoms with Gasteiger partial charge in [0.05, 0.1) is 0 Å². The first-order valence-electron chi connectivity index (χ1n) is 3.64. The number of rotatable bonds is 1. The molecular formula is C9H5ClINO. The van der Waals surface area contributed by atoms with Crippen molar-refractivity contribution in [1.29, 1.82) is 0 Å². The van der Waals surface area contributed by atoms with E-state index in [0.717, 1.165) is 15.0 Å². The normalized spacial score (nSPS) is 10.3. The zero-order valence-corrected chi connectivity index (χ0v) is 9.41. The van der Waals surface area contributed by atoms with Crippen molar-refractivity contribution in [3.63, 3.8) is 0 Å². The van der Waals surface area contributed by atoms with Crippen molar-refractivity contribution in [2.24, 2.45) is 0 Å². The van der Waals surface area contributed by atoms with Gasteiger partial charge in [-0.25, -0.2) is 0 Å². The molecule has 0 atom stereocenters. The van der Waals surface area contributed by atoms with Crippen LogP contribution in [0.2, 0.25) is 5.02 Å². The van der Waals surface area contributed by atoms with Crippen molar-refractivity contribution in [2.45, 2.75) is 0 Å². The second-order valence-electron chi connectivity index (χ2n) is 2.53. The van der Waals surface area contributed by atoms with Crippen LogP contribution >= 0.6 is 34.2 Å². The van der Waals surface area contributed by atoms with E-state index in [9.17, 15) is 0 Å². The Hall–Kier alpha value is -0.550. The fourth-order valence-electron chi connectivity index (χ4n) is 1.04. The van der Waals surface area contributed by atoms with Crippen molar-refractivity contribution in [3.05, 3.63) is 39.1 Å². The van der Waals surface area contributed by atoms with Gasteiger partial charge in [0.25, 0.3) is 0 Å². The maximum Gasteiger partial charge on any atom is 0.196 e. The van der Waals surface area contributed by atoms with Crippen LogP contribution in [0.4, 0.5) is 0 Å². The van der Waals surface area contributed by atoms with Gasteiger partial charge >= 0.3 is 0 Å². The van der Waals surface area contributed by atoms with Crippen LogP contribution in [0, 0.1) is 3.77 Å². The summed E-state index contributed by atoms with van der Waals surface area (Å²) in [4.78, 5) is 0. The maximum atomic E-state index is 5.84. The summed E-state index contributed by atoms with van der Waals surface area (Å²) >= 11 is 7.92. The Balaban J connectivity index is 2.46. The molecule has 0 amide bonds. The Bertz CT molecular complexity index is 427. The minimum atomic E-state index is 0.704. The molecule has 0 spiro atoms. The third-order valence-corrected chi connectivity index (χ3v) is 2.35. The minimum Gasteiger partial charge on any atom is -0.350 e. The monoisotopic (exact) mass is 305 g/mol. The van der Waals surface area contributed by atoms with E-state index in [1.54, 1.807) is 0 Å². The SMILES string of the molecule is Clc1cccc(-c2cc(I)on2)c1. The summed E-state index contributed by atoms with van der Waals surface area (Å²) in [5, 5.41) is 4.59. The average Bonchev–Trinajstić information content (AvgIpc) is 2.52. The third kappa shape index (κ3) is 2.03. The van der Waals surface area contributed by atoms with Crippen LogP contribution < -0.4 is 0 Å². The van der Waals surface area contributed by atoms with Gasteiger partial charge in [-0.15, -0.1) is 0 Å². The molecule has 0 radical (unpaired) electrons. The summed E-state index contributed by atoms with van der Waals surface area (Å²) in [6.07, 6.45) is 0. The van der Waals surface area contributed by atoms with Crippen LogP contribution in [-0.2, 0) is 0 Å². The molecule has 0 fully saturated rings. The summed E-state index contributed by atoms with van der Waals surface area (Å²) in [6.45, 7) is 0. The van der Waals surface area contributed by atoms with Crippen LogP contribution in [0.1, 0.15) is 0 Å². The van der Waals surface area contributed by atoms with Gasteiger partial charge in [0.1, 0.15) is 5.69 Å². The zero-order valence-electron chi connectivity index (χ0n) is 6.50. The number of hydrogen-bond acceptors (Lipinski definition) is 2. The van der Waals surface area contributed by atoms with Gasteiger partial charge < -0.3 is 4.52 Å². The summed E-state index contributed by atoms with van der Waals surface area (Å²) in [7, 11) is 0. The molecule has 0 saturated heterocycles. The van der Waals surface area contributed by atoms with E-state index < -0.39 is 0 Å². The van der Waals surface area contributed by atoms with Gasteiger partial charge in [-0.3, -0.25) is 0 Å². The number of nitrogens with zero attached hydrogens (tertiary/aromatic N) is 1. The minimum absolute atomic E-state index is 0.704. The highest BCUT2D eigenvalue weighted by Crippen LogP contribution is 2.22. The highest BCUT2D eigenvalue weighted by molar-refractivity contribution is 14.1. The number of halogens is 2. The second kappa shape index (κ2) is 3.67. The molecule has 0 aliphatic carbocycles. The quantitative estimate of drug-likeness (QED) is 0.752. The van der Waals surface area contributed by atoms with Crippen molar-refractivity contribution < 1.29 is 4.52 Å². The highest BCUT2D eigenvalue weighted by Gasteiger charge is 2.03. The summed E-state index contributed by atoms with van der Waals surface area (Å²) < 4.78 is 5.72. The maximum absolute atomic E-state index is 5.84. The smallest absolute Gasteiger partial charge is 0.196 e. The van der Waals surface area contributed by atoms with E-state index in [-0.39, 0.29) is 0 Å². The van der Waals surface area contributed by atoms with E-state index in [1.807, 2.05) is 30.3 Å². The van der Waals surface area contributed by atoms with Gasteiger partial charge in [0.15, 0.2) is 3.77 Å². The van der Waals surface area contributed by atoms with E-state index in [2.05, 4.69) is 27.7 Å². The molecule has 66 valence electrons. The predicted molar refractivity (Wildman–Crippen MR) is 59.7 cm³/mol. The van der Waals surface area contributed by atoms with Gasteiger partial charge in [-0.05, 0) is 12.1 Å². The Kier molecular flexibility index (Phi) is 2.55. The highest BCUT2D eigenvalue weighted by atomic mass is 127. The lowest BCUT2D eigenvalue weighted by atomic mass is 10.2. The van der Waals surface area contributed by atoms with Crippen molar-refractivity contribution >= 4 is 34.2 Å².